The minimum Gasteiger partial charge on any atom is -0.456 e. The summed E-state index contributed by atoms with van der Waals surface area (Å²) in [6.07, 6.45) is 0. The molecule has 0 saturated carbocycles. The highest BCUT2D eigenvalue weighted by Gasteiger charge is 2.14. The summed E-state index contributed by atoms with van der Waals surface area (Å²) >= 11 is 0. The highest BCUT2D eigenvalue weighted by molar-refractivity contribution is 6.26. The summed E-state index contributed by atoms with van der Waals surface area (Å²) in [5.41, 5.74) is 3.19. The SMILES string of the molecule is Cc1cc2oc3ccc4ccccc4c3c2c2ccccc12. The average molecular weight is 282 g/mol. The van der Waals surface area contributed by atoms with E-state index < -0.39 is 0 Å². The van der Waals surface area contributed by atoms with Crippen LogP contribution in [0, 0.1) is 6.92 Å². The van der Waals surface area contributed by atoms with Gasteiger partial charge >= 0.3 is 0 Å². The molecule has 1 heterocycles. The van der Waals surface area contributed by atoms with Crippen molar-refractivity contribution in [2.75, 3.05) is 0 Å². The highest BCUT2D eigenvalue weighted by atomic mass is 16.3. The third kappa shape index (κ3) is 1.43. The Kier molecular flexibility index (Phi) is 2.21. The molecule has 0 atom stereocenters. The first-order chi connectivity index (χ1) is 10.8. The fourth-order valence-electron chi connectivity index (χ4n) is 3.58. The van der Waals surface area contributed by atoms with Gasteiger partial charge in [0.05, 0.1) is 0 Å². The number of hydrogen-bond acceptors (Lipinski definition) is 1. The lowest BCUT2D eigenvalue weighted by Gasteiger charge is -2.04. The van der Waals surface area contributed by atoms with Crippen molar-refractivity contribution < 1.29 is 4.42 Å². The van der Waals surface area contributed by atoms with Gasteiger partial charge in [-0.15, -0.1) is 0 Å². The molecule has 5 aromatic rings. The van der Waals surface area contributed by atoms with Gasteiger partial charge < -0.3 is 4.42 Å². The van der Waals surface area contributed by atoms with Gasteiger partial charge in [0.25, 0.3) is 0 Å². The van der Waals surface area contributed by atoms with Crippen LogP contribution in [0.25, 0.3) is 43.5 Å². The number of hydrogen-bond donors (Lipinski definition) is 0. The molecule has 5 rings (SSSR count). The van der Waals surface area contributed by atoms with E-state index in [1.807, 2.05) is 0 Å². The van der Waals surface area contributed by atoms with E-state index >= 15 is 0 Å². The monoisotopic (exact) mass is 282 g/mol. The fraction of sp³-hybridized carbons (Fsp3) is 0.0476. The molecule has 4 aromatic carbocycles. The van der Waals surface area contributed by atoms with Gasteiger partial charge in [-0.3, -0.25) is 0 Å². The molecule has 0 bridgehead atoms. The maximum Gasteiger partial charge on any atom is 0.136 e. The third-order valence-electron chi connectivity index (χ3n) is 4.58. The minimum atomic E-state index is 0.962. The van der Waals surface area contributed by atoms with Crippen LogP contribution in [0.4, 0.5) is 0 Å². The van der Waals surface area contributed by atoms with Gasteiger partial charge in [-0.1, -0.05) is 54.6 Å². The third-order valence-corrected chi connectivity index (χ3v) is 4.58. The second-order valence-electron chi connectivity index (χ2n) is 5.87. The normalized spacial score (nSPS) is 11.9. The van der Waals surface area contributed by atoms with E-state index in [9.17, 15) is 0 Å². The van der Waals surface area contributed by atoms with Gasteiger partial charge in [0.1, 0.15) is 11.2 Å². The van der Waals surface area contributed by atoms with Crippen LogP contribution in [0.2, 0.25) is 0 Å². The van der Waals surface area contributed by atoms with Crippen molar-refractivity contribution in [1.82, 2.24) is 0 Å². The maximum atomic E-state index is 6.15. The van der Waals surface area contributed by atoms with E-state index in [2.05, 4.69) is 73.7 Å². The molecule has 0 radical (unpaired) electrons. The van der Waals surface area contributed by atoms with E-state index in [0.717, 1.165) is 11.2 Å². The second kappa shape index (κ2) is 4.11. The van der Waals surface area contributed by atoms with Crippen molar-refractivity contribution in [3.63, 3.8) is 0 Å². The lowest BCUT2D eigenvalue weighted by molar-refractivity contribution is 0.669. The molecule has 0 unspecified atom stereocenters. The van der Waals surface area contributed by atoms with E-state index in [-0.39, 0.29) is 0 Å². The Morgan fingerprint density at radius 3 is 2.18 bits per heavy atom. The molecular formula is C21H14O. The Bertz CT molecular complexity index is 1180. The second-order valence-corrected chi connectivity index (χ2v) is 5.87. The van der Waals surface area contributed by atoms with Crippen molar-refractivity contribution in [1.29, 1.82) is 0 Å². The van der Waals surface area contributed by atoms with Gasteiger partial charge in [-0.25, -0.2) is 0 Å². The van der Waals surface area contributed by atoms with Crippen molar-refractivity contribution >= 4 is 43.5 Å². The predicted molar refractivity (Wildman–Crippen MR) is 93.5 cm³/mol. The quantitative estimate of drug-likeness (QED) is 0.329. The summed E-state index contributed by atoms with van der Waals surface area (Å²) in [5, 5.41) is 7.53. The van der Waals surface area contributed by atoms with Crippen molar-refractivity contribution in [3.8, 4) is 0 Å². The standard InChI is InChI=1S/C21H14O/c1-13-12-19-21(17-9-5-4-7-15(13)17)20-16-8-3-2-6-14(16)10-11-18(20)22-19/h2-12H,1H3. The first-order valence-corrected chi connectivity index (χ1v) is 7.55. The highest BCUT2D eigenvalue weighted by Crippen LogP contribution is 2.39. The first-order valence-electron chi connectivity index (χ1n) is 7.55. The van der Waals surface area contributed by atoms with Gasteiger partial charge in [-0.05, 0) is 46.2 Å². The molecule has 0 N–H and O–H groups in total. The van der Waals surface area contributed by atoms with Crippen molar-refractivity contribution in [3.05, 3.63) is 72.3 Å². The van der Waals surface area contributed by atoms with Crippen LogP contribution in [0.3, 0.4) is 0 Å². The van der Waals surface area contributed by atoms with E-state index in [1.165, 1.54) is 37.9 Å². The molecule has 0 aliphatic carbocycles. The van der Waals surface area contributed by atoms with E-state index in [4.69, 9.17) is 4.42 Å². The van der Waals surface area contributed by atoms with Crippen LogP contribution < -0.4 is 0 Å². The Balaban J connectivity index is 2.18. The summed E-state index contributed by atoms with van der Waals surface area (Å²) in [6, 6.07) is 23.5. The van der Waals surface area contributed by atoms with Gasteiger partial charge in [0.2, 0.25) is 0 Å². The van der Waals surface area contributed by atoms with Crippen LogP contribution in [0.15, 0.2) is 71.1 Å². The molecule has 0 spiro atoms. The van der Waals surface area contributed by atoms with Crippen LogP contribution in [-0.2, 0) is 0 Å². The lowest BCUT2D eigenvalue weighted by atomic mass is 9.97. The van der Waals surface area contributed by atoms with Crippen LogP contribution in [0.5, 0.6) is 0 Å². The molecule has 0 aliphatic rings. The zero-order chi connectivity index (χ0) is 14.7. The molecule has 0 saturated heterocycles. The maximum absolute atomic E-state index is 6.15. The molecule has 0 amide bonds. The predicted octanol–water partition coefficient (Wildman–Crippen LogP) is 6.20. The molecule has 0 fully saturated rings. The largest absolute Gasteiger partial charge is 0.456 e. The van der Waals surface area contributed by atoms with Gasteiger partial charge in [-0.2, -0.15) is 0 Å². The Hall–Kier alpha value is -2.80. The Morgan fingerprint density at radius 1 is 0.636 bits per heavy atom. The summed E-state index contributed by atoms with van der Waals surface area (Å²) in [7, 11) is 0. The molecule has 1 nitrogen and oxygen atoms in total. The Morgan fingerprint density at radius 2 is 1.32 bits per heavy atom. The lowest BCUT2D eigenvalue weighted by Crippen LogP contribution is -1.80. The fourth-order valence-corrected chi connectivity index (χ4v) is 3.58. The number of benzene rings is 4. The summed E-state index contributed by atoms with van der Waals surface area (Å²) in [5.74, 6) is 0. The minimum absolute atomic E-state index is 0.962. The first kappa shape index (κ1) is 11.8. The van der Waals surface area contributed by atoms with Crippen LogP contribution in [0.1, 0.15) is 5.56 Å². The van der Waals surface area contributed by atoms with E-state index in [0.29, 0.717) is 0 Å². The van der Waals surface area contributed by atoms with Gasteiger partial charge in [0, 0.05) is 10.8 Å². The summed E-state index contributed by atoms with van der Waals surface area (Å²) in [4.78, 5) is 0. The molecule has 1 heteroatoms. The van der Waals surface area contributed by atoms with E-state index in [1.54, 1.807) is 0 Å². The molecule has 0 aliphatic heterocycles. The number of aryl methyl sites for hydroxylation is 1. The number of furan rings is 1. The van der Waals surface area contributed by atoms with Crippen LogP contribution in [-0.4, -0.2) is 0 Å². The molecule has 22 heavy (non-hydrogen) atoms. The molecule has 104 valence electrons. The summed E-state index contributed by atoms with van der Waals surface area (Å²) in [6.45, 7) is 2.15. The number of fused-ring (bicyclic) bond motifs is 7. The smallest absolute Gasteiger partial charge is 0.136 e. The van der Waals surface area contributed by atoms with Crippen molar-refractivity contribution in [2.24, 2.45) is 0 Å². The Labute approximate surface area is 127 Å². The van der Waals surface area contributed by atoms with Crippen LogP contribution >= 0.6 is 0 Å². The van der Waals surface area contributed by atoms with Crippen molar-refractivity contribution in [2.45, 2.75) is 6.92 Å². The average Bonchev–Trinajstić information content (AvgIpc) is 2.94. The molecular weight excluding hydrogens is 268 g/mol. The van der Waals surface area contributed by atoms with Gasteiger partial charge in [0.15, 0.2) is 0 Å². The zero-order valence-corrected chi connectivity index (χ0v) is 12.3. The summed E-state index contributed by atoms with van der Waals surface area (Å²) < 4.78 is 6.15. The topological polar surface area (TPSA) is 13.1 Å². The molecule has 1 aromatic heterocycles. The zero-order valence-electron chi connectivity index (χ0n) is 12.3. The number of rotatable bonds is 0.